The third-order valence-electron chi connectivity index (χ3n) is 4.94. The number of ether oxygens (including phenoxy) is 1. The van der Waals surface area contributed by atoms with Gasteiger partial charge in [0.2, 0.25) is 5.91 Å². The lowest BCUT2D eigenvalue weighted by molar-refractivity contribution is -0.141. The topological polar surface area (TPSA) is 55.4 Å². The molecule has 0 bridgehead atoms. The lowest BCUT2D eigenvalue weighted by atomic mass is 10.1. The second-order valence-corrected chi connectivity index (χ2v) is 7.41. The summed E-state index contributed by atoms with van der Waals surface area (Å²) in [6, 6.07) is -0.411. The van der Waals surface area contributed by atoms with E-state index in [0.29, 0.717) is 19.4 Å². The van der Waals surface area contributed by atoms with Crippen molar-refractivity contribution >= 4 is 11.9 Å². The molecular weight excluding hydrogens is 326 g/mol. The highest BCUT2D eigenvalue weighted by Crippen LogP contribution is 2.11. The number of hydrogen-bond donors (Lipinski definition) is 1. The first-order valence-electron chi connectivity index (χ1n) is 10.8. The van der Waals surface area contributed by atoms with Crippen LogP contribution < -0.4 is 5.32 Å². The monoisotopic (exact) mass is 365 g/mol. The minimum Gasteiger partial charge on any atom is -0.464 e. The fourth-order valence-corrected chi connectivity index (χ4v) is 3.25. The van der Waals surface area contributed by atoms with Gasteiger partial charge in [0.1, 0.15) is 6.04 Å². The van der Waals surface area contributed by atoms with E-state index in [1.54, 1.807) is 0 Å². The molecule has 4 nitrogen and oxygen atoms in total. The van der Waals surface area contributed by atoms with Gasteiger partial charge in [-0.1, -0.05) is 70.4 Å². The number of unbranched alkanes of at least 4 members (excludes halogenated alkanes) is 11. The maximum absolute atomic E-state index is 11.8. The van der Waals surface area contributed by atoms with Gasteiger partial charge in [0.25, 0.3) is 0 Å². The Morgan fingerprint density at radius 3 is 2.12 bits per heavy atom. The molecule has 0 aromatic carbocycles. The van der Waals surface area contributed by atoms with E-state index in [0.717, 1.165) is 12.8 Å². The summed E-state index contributed by atoms with van der Waals surface area (Å²) < 4.78 is 4.84. The van der Waals surface area contributed by atoms with Gasteiger partial charge in [-0.2, -0.15) is 0 Å². The van der Waals surface area contributed by atoms with Crippen LogP contribution in [0.2, 0.25) is 0 Å². The average Bonchev–Trinajstić information content (AvgIpc) is 3.03. The van der Waals surface area contributed by atoms with Crippen molar-refractivity contribution in [2.45, 2.75) is 109 Å². The number of carbonyl (C=O) groups excluding carboxylic acids is 2. The smallest absolute Gasteiger partial charge is 0.328 e. The van der Waals surface area contributed by atoms with Crippen molar-refractivity contribution in [3.63, 3.8) is 0 Å². The Labute approximate surface area is 160 Å². The summed E-state index contributed by atoms with van der Waals surface area (Å²) in [5.41, 5.74) is 0. The van der Waals surface area contributed by atoms with Crippen molar-refractivity contribution in [3.05, 3.63) is 12.2 Å². The summed E-state index contributed by atoms with van der Waals surface area (Å²) in [4.78, 5) is 23.0. The number of cyclic esters (lactones) is 1. The van der Waals surface area contributed by atoms with E-state index >= 15 is 0 Å². The molecule has 0 aromatic heterocycles. The van der Waals surface area contributed by atoms with E-state index in [9.17, 15) is 9.59 Å². The standard InChI is InChI=1S/C22H39NO3/c1-2-3-4-5-6-7-8-9-10-11-12-13-14-15-16-17-21(24)23-20-18-19-26-22(20)25/h9-10,20H,2-8,11-19H2,1H3,(H,23,24)/b10-9-/t20-/m0/s1. The molecule has 0 aliphatic carbocycles. The van der Waals surface area contributed by atoms with Crippen LogP contribution in [0.1, 0.15) is 103 Å². The van der Waals surface area contributed by atoms with Crippen LogP contribution >= 0.6 is 0 Å². The van der Waals surface area contributed by atoms with Crippen LogP contribution in [0.15, 0.2) is 12.2 Å². The first-order valence-corrected chi connectivity index (χ1v) is 10.8. The molecule has 1 heterocycles. The van der Waals surface area contributed by atoms with Crippen LogP contribution in [0.3, 0.4) is 0 Å². The minimum atomic E-state index is -0.411. The molecule has 1 saturated heterocycles. The maximum Gasteiger partial charge on any atom is 0.328 e. The first kappa shape index (κ1) is 22.7. The molecule has 1 rings (SSSR count). The summed E-state index contributed by atoms with van der Waals surface area (Å²) in [7, 11) is 0. The van der Waals surface area contributed by atoms with Crippen LogP contribution in [-0.4, -0.2) is 24.5 Å². The molecule has 0 spiro atoms. The van der Waals surface area contributed by atoms with Gasteiger partial charge in [-0.25, -0.2) is 4.79 Å². The van der Waals surface area contributed by atoms with Crippen LogP contribution in [0.5, 0.6) is 0 Å². The fraction of sp³-hybridized carbons (Fsp3) is 0.818. The Hall–Kier alpha value is -1.32. The zero-order chi connectivity index (χ0) is 18.9. The van der Waals surface area contributed by atoms with Gasteiger partial charge in [-0.15, -0.1) is 0 Å². The van der Waals surface area contributed by atoms with Gasteiger partial charge in [0.15, 0.2) is 0 Å². The van der Waals surface area contributed by atoms with Crippen LogP contribution in [0, 0.1) is 0 Å². The predicted molar refractivity (Wildman–Crippen MR) is 107 cm³/mol. The van der Waals surface area contributed by atoms with E-state index in [2.05, 4.69) is 24.4 Å². The van der Waals surface area contributed by atoms with Crippen molar-refractivity contribution < 1.29 is 14.3 Å². The number of amides is 1. The Morgan fingerprint density at radius 1 is 0.962 bits per heavy atom. The lowest BCUT2D eigenvalue weighted by Gasteiger charge is -2.08. The number of allylic oxidation sites excluding steroid dienone is 2. The van der Waals surface area contributed by atoms with Crippen LogP contribution in [-0.2, 0) is 14.3 Å². The number of esters is 1. The van der Waals surface area contributed by atoms with E-state index in [1.165, 1.54) is 70.6 Å². The Balaban J connectivity index is 1.81. The van der Waals surface area contributed by atoms with Gasteiger partial charge in [-0.3, -0.25) is 4.79 Å². The largest absolute Gasteiger partial charge is 0.464 e. The fourth-order valence-electron chi connectivity index (χ4n) is 3.25. The van der Waals surface area contributed by atoms with E-state index < -0.39 is 6.04 Å². The van der Waals surface area contributed by atoms with Crippen molar-refractivity contribution in [3.8, 4) is 0 Å². The second kappa shape index (κ2) is 15.9. The molecule has 0 unspecified atom stereocenters. The van der Waals surface area contributed by atoms with Crippen molar-refractivity contribution in [1.82, 2.24) is 5.32 Å². The highest BCUT2D eigenvalue weighted by molar-refractivity contribution is 5.85. The van der Waals surface area contributed by atoms with Gasteiger partial charge < -0.3 is 10.1 Å². The van der Waals surface area contributed by atoms with Gasteiger partial charge in [0.05, 0.1) is 6.61 Å². The number of nitrogens with one attached hydrogen (secondary N) is 1. The third kappa shape index (κ3) is 12.1. The molecule has 1 amide bonds. The number of rotatable bonds is 16. The molecule has 4 heteroatoms. The summed E-state index contributed by atoms with van der Waals surface area (Å²) in [6.07, 6.45) is 22.1. The summed E-state index contributed by atoms with van der Waals surface area (Å²) >= 11 is 0. The van der Waals surface area contributed by atoms with Gasteiger partial charge in [0, 0.05) is 12.8 Å². The Bertz CT molecular complexity index is 406. The SMILES string of the molecule is CCCCCCCC/C=C\CCCCCCCC(=O)N[C@H]1CCOC1=O. The highest BCUT2D eigenvalue weighted by atomic mass is 16.5. The second-order valence-electron chi connectivity index (χ2n) is 7.41. The molecule has 1 aliphatic heterocycles. The molecule has 0 aromatic rings. The molecule has 1 N–H and O–H groups in total. The number of hydrogen-bond acceptors (Lipinski definition) is 3. The molecule has 150 valence electrons. The number of carbonyl (C=O) groups is 2. The van der Waals surface area contributed by atoms with Crippen LogP contribution in [0.25, 0.3) is 0 Å². The molecule has 26 heavy (non-hydrogen) atoms. The minimum absolute atomic E-state index is 0.0218. The van der Waals surface area contributed by atoms with E-state index in [4.69, 9.17) is 4.74 Å². The summed E-state index contributed by atoms with van der Waals surface area (Å²) in [5.74, 6) is -0.311. The maximum atomic E-state index is 11.8. The molecule has 1 aliphatic rings. The van der Waals surface area contributed by atoms with E-state index in [-0.39, 0.29) is 11.9 Å². The molecule has 0 radical (unpaired) electrons. The third-order valence-corrected chi connectivity index (χ3v) is 4.94. The highest BCUT2D eigenvalue weighted by Gasteiger charge is 2.27. The summed E-state index contributed by atoms with van der Waals surface area (Å²) in [5, 5.41) is 2.76. The Kier molecular flexibility index (Phi) is 13.9. The lowest BCUT2D eigenvalue weighted by Crippen LogP contribution is -2.37. The quantitative estimate of drug-likeness (QED) is 0.225. The van der Waals surface area contributed by atoms with Crippen LogP contribution in [0.4, 0.5) is 0 Å². The molecule has 1 atom stereocenters. The van der Waals surface area contributed by atoms with E-state index in [1.807, 2.05) is 0 Å². The first-order chi connectivity index (χ1) is 12.7. The van der Waals surface area contributed by atoms with Crippen molar-refractivity contribution in [1.29, 1.82) is 0 Å². The van der Waals surface area contributed by atoms with Gasteiger partial charge in [-0.05, 0) is 32.1 Å². The Morgan fingerprint density at radius 2 is 1.54 bits per heavy atom. The average molecular weight is 366 g/mol. The zero-order valence-corrected chi connectivity index (χ0v) is 16.8. The molecule has 0 saturated carbocycles. The normalized spacial score (nSPS) is 17.0. The summed E-state index contributed by atoms with van der Waals surface area (Å²) in [6.45, 7) is 2.69. The predicted octanol–water partition coefficient (Wildman–Crippen LogP) is 5.46. The van der Waals surface area contributed by atoms with Crippen molar-refractivity contribution in [2.24, 2.45) is 0 Å². The van der Waals surface area contributed by atoms with Crippen molar-refractivity contribution in [2.75, 3.05) is 6.61 Å². The molecule has 1 fully saturated rings. The van der Waals surface area contributed by atoms with Gasteiger partial charge >= 0.3 is 5.97 Å². The molecular formula is C22H39NO3. The zero-order valence-electron chi connectivity index (χ0n) is 16.8.